The Morgan fingerprint density at radius 1 is 1.46 bits per heavy atom. The van der Waals surface area contributed by atoms with E-state index >= 15 is 0 Å². The molecule has 10 nitrogen and oxygen atoms in total. The molecule has 2 rings (SSSR count). The minimum atomic E-state index is -2.02. The number of ether oxygens (including phenoxy) is 1. The highest BCUT2D eigenvalue weighted by Crippen LogP contribution is 2.27. The molecule has 11 heteroatoms. The van der Waals surface area contributed by atoms with E-state index in [9.17, 15) is 34.1 Å². The van der Waals surface area contributed by atoms with Crippen LogP contribution in [-0.4, -0.2) is 88.0 Å². The Hall–Kier alpha value is -1.82. The molecule has 2 heterocycles. The first-order chi connectivity index (χ1) is 11.3. The molecule has 0 bridgehead atoms. The van der Waals surface area contributed by atoms with Crippen molar-refractivity contribution in [2.75, 3.05) is 13.1 Å². The second-order valence-corrected chi connectivity index (χ2v) is 5.62. The standard InChI is InChI=1S/C13H20FN3O7/c1-2-3-15-11(22)8(20)9-6(18)7(19)12(24-9)17-4-5(14)10(21)16-13(17)23/h5-9,12,18-20H,2-4H2,1H3,(H,15,22)(H,16,21,23). The van der Waals surface area contributed by atoms with Crippen LogP contribution < -0.4 is 10.6 Å². The molecule has 0 radical (unpaired) electrons. The smallest absolute Gasteiger partial charge is 0.326 e. The van der Waals surface area contributed by atoms with Gasteiger partial charge >= 0.3 is 6.03 Å². The number of aliphatic hydroxyl groups excluding tert-OH is 3. The summed E-state index contributed by atoms with van der Waals surface area (Å²) in [6, 6.07) is -1.00. The second-order valence-electron chi connectivity index (χ2n) is 5.62. The van der Waals surface area contributed by atoms with Gasteiger partial charge in [-0.05, 0) is 6.42 Å². The maximum absolute atomic E-state index is 13.5. The number of nitrogens with one attached hydrogen (secondary N) is 2. The number of hydrogen-bond acceptors (Lipinski definition) is 7. The largest absolute Gasteiger partial charge is 0.387 e. The van der Waals surface area contributed by atoms with Crippen LogP contribution in [0.5, 0.6) is 0 Å². The number of hydrogen-bond donors (Lipinski definition) is 5. The molecule has 136 valence electrons. The summed E-state index contributed by atoms with van der Waals surface area (Å²) >= 11 is 0. The fourth-order valence-electron chi connectivity index (χ4n) is 2.52. The zero-order valence-corrected chi connectivity index (χ0v) is 12.9. The minimum Gasteiger partial charge on any atom is -0.387 e. The first-order valence-electron chi connectivity index (χ1n) is 7.50. The third-order valence-corrected chi connectivity index (χ3v) is 3.84. The Morgan fingerprint density at radius 2 is 2.12 bits per heavy atom. The Kier molecular flexibility index (Phi) is 5.70. The average Bonchev–Trinajstić information content (AvgIpc) is 2.83. The van der Waals surface area contributed by atoms with Gasteiger partial charge in [-0.25, -0.2) is 9.18 Å². The van der Waals surface area contributed by atoms with E-state index in [0.29, 0.717) is 17.9 Å². The third-order valence-electron chi connectivity index (χ3n) is 3.84. The molecule has 0 spiro atoms. The first kappa shape index (κ1) is 18.5. The van der Waals surface area contributed by atoms with Gasteiger partial charge in [0.05, 0.1) is 6.54 Å². The maximum Gasteiger partial charge on any atom is 0.326 e. The topological polar surface area (TPSA) is 148 Å². The van der Waals surface area contributed by atoms with Crippen molar-refractivity contribution in [2.45, 2.75) is 50.2 Å². The molecule has 2 fully saturated rings. The van der Waals surface area contributed by atoms with E-state index in [1.807, 2.05) is 0 Å². The van der Waals surface area contributed by atoms with Gasteiger partial charge in [-0.2, -0.15) is 0 Å². The summed E-state index contributed by atoms with van der Waals surface area (Å²) < 4.78 is 18.7. The van der Waals surface area contributed by atoms with Crippen LogP contribution in [0, 0.1) is 0 Å². The van der Waals surface area contributed by atoms with Crippen molar-refractivity contribution >= 4 is 17.8 Å². The average molecular weight is 349 g/mol. The van der Waals surface area contributed by atoms with Gasteiger partial charge in [0.15, 0.2) is 18.5 Å². The van der Waals surface area contributed by atoms with Crippen LogP contribution in [0.1, 0.15) is 13.3 Å². The number of rotatable bonds is 5. The predicted molar refractivity (Wildman–Crippen MR) is 75.1 cm³/mol. The Labute approximate surface area is 136 Å². The number of imide groups is 1. The number of halogens is 1. The Morgan fingerprint density at radius 3 is 2.75 bits per heavy atom. The molecule has 0 aliphatic carbocycles. The molecule has 6 unspecified atom stereocenters. The highest BCUT2D eigenvalue weighted by molar-refractivity contribution is 5.99. The zero-order chi connectivity index (χ0) is 18.0. The molecule has 2 aliphatic rings. The van der Waals surface area contributed by atoms with Crippen molar-refractivity contribution < 1.29 is 38.8 Å². The van der Waals surface area contributed by atoms with Crippen LogP contribution in [0.2, 0.25) is 0 Å². The number of alkyl halides is 1. The van der Waals surface area contributed by atoms with Gasteiger partial charge < -0.3 is 25.4 Å². The second kappa shape index (κ2) is 7.38. The number of nitrogens with zero attached hydrogens (tertiary/aromatic N) is 1. The molecule has 6 atom stereocenters. The van der Waals surface area contributed by atoms with Crippen LogP contribution in [0.25, 0.3) is 0 Å². The summed E-state index contributed by atoms with van der Waals surface area (Å²) in [5.41, 5.74) is 0. The van der Waals surface area contributed by atoms with E-state index in [0.717, 1.165) is 0 Å². The minimum absolute atomic E-state index is 0.296. The van der Waals surface area contributed by atoms with Gasteiger partial charge in [-0.1, -0.05) is 6.92 Å². The van der Waals surface area contributed by atoms with Crippen molar-refractivity contribution in [3.8, 4) is 0 Å². The number of urea groups is 1. The molecular formula is C13H20FN3O7. The summed E-state index contributed by atoms with van der Waals surface area (Å²) in [4.78, 5) is 35.3. The lowest BCUT2D eigenvalue weighted by Gasteiger charge is -2.34. The third kappa shape index (κ3) is 3.48. The number of aliphatic hydroxyl groups is 3. The van der Waals surface area contributed by atoms with E-state index in [4.69, 9.17) is 4.74 Å². The monoisotopic (exact) mass is 349 g/mol. The molecule has 2 aliphatic heterocycles. The van der Waals surface area contributed by atoms with Gasteiger partial charge in [-0.15, -0.1) is 0 Å². The van der Waals surface area contributed by atoms with Gasteiger partial charge in [0.1, 0.15) is 18.3 Å². The predicted octanol–water partition coefficient (Wildman–Crippen LogP) is -2.79. The molecule has 0 aromatic heterocycles. The van der Waals surface area contributed by atoms with Crippen LogP contribution in [0.3, 0.4) is 0 Å². The number of carbonyl (C=O) groups excluding carboxylic acids is 3. The Bertz CT molecular complexity index is 520. The van der Waals surface area contributed by atoms with E-state index in [2.05, 4.69) is 5.32 Å². The number of carbonyl (C=O) groups is 3. The SMILES string of the molecule is CCCNC(=O)C(O)C1OC(N2CC(F)C(=O)NC2=O)C(O)C1O. The molecule has 5 N–H and O–H groups in total. The van der Waals surface area contributed by atoms with E-state index in [-0.39, 0.29) is 0 Å². The molecule has 0 aromatic rings. The summed E-state index contributed by atoms with van der Waals surface area (Å²) in [5.74, 6) is -1.92. The maximum atomic E-state index is 13.5. The lowest BCUT2D eigenvalue weighted by molar-refractivity contribution is -0.147. The lowest BCUT2D eigenvalue weighted by atomic mass is 10.0. The quantitative estimate of drug-likeness (QED) is 0.360. The highest BCUT2D eigenvalue weighted by Gasteiger charge is 2.52. The molecule has 0 aromatic carbocycles. The molecule has 24 heavy (non-hydrogen) atoms. The van der Waals surface area contributed by atoms with Crippen molar-refractivity contribution in [1.82, 2.24) is 15.5 Å². The van der Waals surface area contributed by atoms with Gasteiger partial charge in [0.25, 0.3) is 11.8 Å². The molecule has 2 saturated heterocycles. The highest BCUT2D eigenvalue weighted by atomic mass is 19.1. The van der Waals surface area contributed by atoms with Crippen LogP contribution in [0.15, 0.2) is 0 Å². The molecule has 4 amide bonds. The zero-order valence-electron chi connectivity index (χ0n) is 12.9. The summed E-state index contributed by atoms with van der Waals surface area (Å²) in [6.45, 7) is 1.42. The van der Waals surface area contributed by atoms with E-state index < -0.39 is 61.2 Å². The van der Waals surface area contributed by atoms with Crippen LogP contribution >= 0.6 is 0 Å². The molecular weight excluding hydrogens is 329 g/mol. The fraction of sp³-hybridized carbons (Fsp3) is 0.769. The van der Waals surface area contributed by atoms with Gasteiger partial charge in [0.2, 0.25) is 0 Å². The van der Waals surface area contributed by atoms with Gasteiger partial charge in [-0.3, -0.25) is 19.8 Å². The summed E-state index contributed by atoms with van der Waals surface area (Å²) in [5, 5.41) is 34.1. The first-order valence-corrected chi connectivity index (χ1v) is 7.50. The normalized spacial score (nSPS) is 34.9. The Balaban J connectivity index is 2.08. The van der Waals surface area contributed by atoms with Crippen molar-refractivity contribution in [3.05, 3.63) is 0 Å². The van der Waals surface area contributed by atoms with Crippen molar-refractivity contribution in [1.29, 1.82) is 0 Å². The van der Waals surface area contributed by atoms with E-state index in [1.54, 1.807) is 12.2 Å². The van der Waals surface area contributed by atoms with Crippen molar-refractivity contribution in [3.63, 3.8) is 0 Å². The lowest BCUT2D eigenvalue weighted by Crippen LogP contribution is -2.61. The molecule has 0 saturated carbocycles. The van der Waals surface area contributed by atoms with Crippen LogP contribution in [0.4, 0.5) is 9.18 Å². The number of amides is 4. The van der Waals surface area contributed by atoms with E-state index in [1.165, 1.54) is 0 Å². The van der Waals surface area contributed by atoms with Crippen molar-refractivity contribution in [2.24, 2.45) is 0 Å². The van der Waals surface area contributed by atoms with Crippen LogP contribution in [-0.2, 0) is 14.3 Å². The fourth-order valence-corrected chi connectivity index (χ4v) is 2.52. The summed E-state index contributed by atoms with van der Waals surface area (Å²) in [6.07, 6.45) is -9.57. The van der Waals surface area contributed by atoms with Gasteiger partial charge in [0, 0.05) is 6.54 Å². The summed E-state index contributed by atoms with van der Waals surface area (Å²) in [7, 11) is 0.